The first-order valence-electron chi connectivity index (χ1n) is 12.2. The van der Waals surface area contributed by atoms with Crippen molar-refractivity contribution in [2.24, 2.45) is 0 Å². The predicted molar refractivity (Wildman–Crippen MR) is 139 cm³/mol. The van der Waals surface area contributed by atoms with E-state index < -0.39 is 5.82 Å². The van der Waals surface area contributed by atoms with Crippen molar-refractivity contribution < 1.29 is 18.7 Å². The Morgan fingerprint density at radius 3 is 2.65 bits per heavy atom. The SMILES string of the molecule is C=CC(=O)N1CCC(Oc2c(N)ncnc2-c2cc(F)cc(NC(=O)c3ccc(C4CC4)cc3)c2C)C1. The fourth-order valence-electron chi connectivity index (χ4n) is 4.59. The molecule has 37 heavy (non-hydrogen) atoms. The van der Waals surface area contributed by atoms with Crippen molar-refractivity contribution in [3.05, 3.63) is 77.9 Å². The summed E-state index contributed by atoms with van der Waals surface area (Å²) in [6, 6.07) is 10.1. The van der Waals surface area contributed by atoms with Gasteiger partial charge in [-0.05, 0) is 67.2 Å². The fraction of sp³-hybridized carbons (Fsp3) is 0.286. The average Bonchev–Trinajstić information content (AvgIpc) is 3.65. The molecular weight excluding hydrogens is 473 g/mol. The molecule has 1 aliphatic carbocycles. The Kier molecular flexibility index (Phi) is 6.60. The third-order valence-corrected chi connectivity index (χ3v) is 6.84. The number of halogens is 1. The van der Waals surface area contributed by atoms with E-state index in [-0.39, 0.29) is 29.5 Å². The lowest BCUT2D eigenvalue weighted by Gasteiger charge is -2.20. The maximum absolute atomic E-state index is 14.8. The van der Waals surface area contributed by atoms with Gasteiger partial charge in [0.1, 0.15) is 23.9 Å². The maximum Gasteiger partial charge on any atom is 0.255 e. The summed E-state index contributed by atoms with van der Waals surface area (Å²) in [5, 5.41) is 2.83. The van der Waals surface area contributed by atoms with Gasteiger partial charge in [-0.25, -0.2) is 14.4 Å². The number of hydrogen-bond donors (Lipinski definition) is 2. The van der Waals surface area contributed by atoms with Gasteiger partial charge in [-0.1, -0.05) is 18.7 Å². The zero-order valence-electron chi connectivity index (χ0n) is 20.5. The maximum atomic E-state index is 14.8. The van der Waals surface area contributed by atoms with Crippen LogP contribution in [0.15, 0.2) is 55.4 Å². The number of ether oxygens (including phenoxy) is 1. The van der Waals surface area contributed by atoms with Crippen LogP contribution in [0.25, 0.3) is 11.3 Å². The first-order valence-corrected chi connectivity index (χ1v) is 12.2. The zero-order valence-corrected chi connectivity index (χ0v) is 20.5. The van der Waals surface area contributed by atoms with Crippen LogP contribution in [-0.4, -0.2) is 45.9 Å². The molecule has 0 bridgehead atoms. The van der Waals surface area contributed by atoms with E-state index >= 15 is 0 Å². The van der Waals surface area contributed by atoms with Gasteiger partial charge in [-0.2, -0.15) is 0 Å². The number of hydrogen-bond acceptors (Lipinski definition) is 6. The summed E-state index contributed by atoms with van der Waals surface area (Å²) in [5.41, 5.74) is 9.50. The second-order valence-electron chi connectivity index (χ2n) is 9.43. The van der Waals surface area contributed by atoms with E-state index in [0.717, 1.165) is 0 Å². The molecule has 2 aliphatic rings. The molecule has 1 aromatic heterocycles. The Hall–Kier alpha value is -4.27. The summed E-state index contributed by atoms with van der Waals surface area (Å²) in [4.78, 5) is 34.9. The molecule has 1 saturated heterocycles. The summed E-state index contributed by atoms with van der Waals surface area (Å²) in [5.74, 6) is -0.153. The number of carbonyl (C=O) groups is 2. The molecule has 3 N–H and O–H groups in total. The largest absolute Gasteiger partial charge is 0.482 e. The smallest absolute Gasteiger partial charge is 0.255 e. The number of nitrogens with one attached hydrogen (secondary N) is 1. The molecule has 0 spiro atoms. The lowest BCUT2D eigenvalue weighted by atomic mass is 10.0. The number of carbonyl (C=O) groups excluding carboxylic acids is 2. The van der Waals surface area contributed by atoms with E-state index in [4.69, 9.17) is 10.5 Å². The molecule has 2 aromatic carbocycles. The van der Waals surface area contributed by atoms with Crippen molar-refractivity contribution in [3.8, 4) is 17.0 Å². The molecule has 1 unspecified atom stereocenters. The number of rotatable bonds is 7. The Morgan fingerprint density at radius 1 is 1.19 bits per heavy atom. The highest BCUT2D eigenvalue weighted by molar-refractivity contribution is 6.05. The van der Waals surface area contributed by atoms with Crippen LogP contribution in [-0.2, 0) is 4.79 Å². The Labute approximate surface area is 214 Å². The highest BCUT2D eigenvalue weighted by Gasteiger charge is 2.29. The lowest BCUT2D eigenvalue weighted by Crippen LogP contribution is -2.29. The van der Waals surface area contributed by atoms with Crippen LogP contribution in [0.2, 0.25) is 0 Å². The van der Waals surface area contributed by atoms with Gasteiger partial charge in [-0.15, -0.1) is 0 Å². The normalized spacial score (nSPS) is 16.9. The molecule has 1 atom stereocenters. The van der Waals surface area contributed by atoms with Crippen molar-refractivity contribution in [3.63, 3.8) is 0 Å². The second kappa shape index (κ2) is 10.0. The molecule has 9 heteroatoms. The van der Waals surface area contributed by atoms with Gasteiger partial charge in [0.2, 0.25) is 5.91 Å². The number of anilines is 2. The van der Waals surface area contributed by atoms with Crippen LogP contribution in [0.5, 0.6) is 5.75 Å². The van der Waals surface area contributed by atoms with E-state index in [2.05, 4.69) is 21.9 Å². The highest BCUT2D eigenvalue weighted by atomic mass is 19.1. The monoisotopic (exact) mass is 501 g/mol. The van der Waals surface area contributed by atoms with Gasteiger partial charge < -0.3 is 20.7 Å². The molecule has 2 heterocycles. The van der Waals surface area contributed by atoms with Gasteiger partial charge in [0.25, 0.3) is 5.91 Å². The van der Waals surface area contributed by atoms with Crippen LogP contribution >= 0.6 is 0 Å². The third-order valence-electron chi connectivity index (χ3n) is 6.84. The van der Waals surface area contributed by atoms with Gasteiger partial charge >= 0.3 is 0 Å². The minimum Gasteiger partial charge on any atom is -0.482 e. The predicted octanol–water partition coefficient (Wildman–Crippen LogP) is 4.47. The number of benzene rings is 2. The van der Waals surface area contributed by atoms with Gasteiger partial charge in [-0.3, -0.25) is 9.59 Å². The molecule has 2 amide bonds. The zero-order chi connectivity index (χ0) is 26.1. The molecule has 8 nitrogen and oxygen atoms in total. The molecule has 0 radical (unpaired) electrons. The van der Waals surface area contributed by atoms with E-state index in [1.165, 1.54) is 42.9 Å². The van der Waals surface area contributed by atoms with Crippen LogP contribution in [0.3, 0.4) is 0 Å². The first kappa shape index (κ1) is 24.4. The summed E-state index contributed by atoms with van der Waals surface area (Å²) in [6.45, 7) is 6.18. The number of nitrogens with zero attached hydrogens (tertiary/aromatic N) is 3. The van der Waals surface area contributed by atoms with Crippen LogP contribution in [0.4, 0.5) is 15.9 Å². The first-order chi connectivity index (χ1) is 17.8. The Bertz CT molecular complexity index is 1370. The number of aromatic nitrogens is 2. The van der Waals surface area contributed by atoms with Gasteiger partial charge in [0.05, 0.1) is 6.54 Å². The van der Waals surface area contributed by atoms with Crippen LogP contribution in [0.1, 0.15) is 46.7 Å². The van der Waals surface area contributed by atoms with Crippen LogP contribution in [0, 0.1) is 12.7 Å². The van der Waals surface area contributed by atoms with E-state index in [0.29, 0.717) is 53.5 Å². The van der Waals surface area contributed by atoms with Crippen molar-refractivity contribution in [2.75, 3.05) is 24.1 Å². The molecular formula is C28H28FN5O3. The fourth-order valence-corrected chi connectivity index (χ4v) is 4.59. The topological polar surface area (TPSA) is 110 Å². The Balaban J connectivity index is 1.41. The summed E-state index contributed by atoms with van der Waals surface area (Å²) < 4.78 is 20.9. The third kappa shape index (κ3) is 5.16. The average molecular weight is 502 g/mol. The summed E-state index contributed by atoms with van der Waals surface area (Å²) >= 11 is 0. The van der Waals surface area contributed by atoms with Gasteiger partial charge in [0.15, 0.2) is 11.6 Å². The molecule has 1 aliphatic heterocycles. The number of amides is 2. The lowest BCUT2D eigenvalue weighted by molar-refractivity contribution is -0.125. The highest BCUT2D eigenvalue weighted by Crippen LogP contribution is 2.40. The minimum absolute atomic E-state index is 0.100. The van der Waals surface area contributed by atoms with E-state index in [1.807, 2.05) is 12.1 Å². The van der Waals surface area contributed by atoms with Crippen molar-refractivity contribution in [1.29, 1.82) is 0 Å². The molecule has 3 aromatic rings. The number of nitrogen functional groups attached to an aromatic ring is 1. The molecule has 5 rings (SSSR count). The standard InChI is InChI=1S/C28H28FN5O3/c1-3-24(35)34-11-10-21(14-34)37-26-25(31-15-32-27(26)30)22-12-20(29)13-23(16(22)2)33-28(36)19-8-6-18(7-9-19)17-4-5-17/h3,6-9,12-13,15,17,21H,1,4-5,10-11,14H2,2H3,(H,33,36)(H2,30,31,32). The van der Waals surface area contributed by atoms with Gasteiger partial charge in [0, 0.05) is 29.8 Å². The number of likely N-dealkylation sites (tertiary alicyclic amines) is 1. The molecule has 190 valence electrons. The number of nitrogens with two attached hydrogens (primary N) is 1. The molecule has 2 fully saturated rings. The van der Waals surface area contributed by atoms with E-state index in [9.17, 15) is 14.0 Å². The summed E-state index contributed by atoms with van der Waals surface area (Å²) in [6.07, 6.45) is 5.17. The summed E-state index contributed by atoms with van der Waals surface area (Å²) in [7, 11) is 0. The Morgan fingerprint density at radius 2 is 1.95 bits per heavy atom. The minimum atomic E-state index is -0.549. The quantitative estimate of drug-likeness (QED) is 0.462. The van der Waals surface area contributed by atoms with Crippen molar-refractivity contribution >= 4 is 23.3 Å². The van der Waals surface area contributed by atoms with Crippen molar-refractivity contribution in [2.45, 2.75) is 38.2 Å². The van der Waals surface area contributed by atoms with Crippen molar-refractivity contribution in [1.82, 2.24) is 14.9 Å². The van der Waals surface area contributed by atoms with Crippen LogP contribution < -0.4 is 15.8 Å². The van der Waals surface area contributed by atoms with E-state index in [1.54, 1.807) is 24.0 Å². The molecule has 1 saturated carbocycles. The second-order valence-corrected chi connectivity index (χ2v) is 9.43.